The van der Waals surface area contributed by atoms with Gasteiger partial charge in [0, 0.05) is 42.1 Å². The second-order valence-electron chi connectivity index (χ2n) is 5.92. The first kappa shape index (κ1) is 15.0. The Balaban J connectivity index is 2.19. The first-order chi connectivity index (χ1) is 9.08. The van der Waals surface area contributed by atoms with E-state index in [1.165, 1.54) is 4.88 Å². The lowest BCUT2D eigenvalue weighted by molar-refractivity contribution is 0.0149. The van der Waals surface area contributed by atoms with Crippen molar-refractivity contribution in [2.45, 2.75) is 45.3 Å². The molecule has 0 spiro atoms. The van der Waals surface area contributed by atoms with E-state index in [0.717, 1.165) is 26.2 Å². The molecular formula is C15H26N2OS. The highest BCUT2D eigenvalue weighted by atomic mass is 32.1. The molecule has 1 aromatic rings. The Kier molecular flexibility index (Phi) is 5.01. The lowest BCUT2D eigenvalue weighted by Crippen LogP contribution is -2.58. The molecule has 4 heteroatoms. The van der Waals surface area contributed by atoms with Crippen LogP contribution in [0.15, 0.2) is 17.5 Å². The van der Waals surface area contributed by atoms with Gasteiger partial charge in [-0.3, -0.25) is 4.90 Å². The predicted octanol–water partition coefficient (Wildman–Crippen LogP) is 2.71. The molecule has 2 heterocycles. The van der Waals surface area contributed by atoms with E-state index in [0.29, 0.717) is 18.5 Å². The molecule has 19 heavy (non-hydrogen) atoms. The largest absolute Gasteiger partial charge is 0.381 e. The molecule has 2 N–H and O–H groups in total. The second kappa shape index (κ2) is 6.35. The van der Waals surface area contributed by atoms with Crippen molar-refractivity contribution in [3.8, 4) is 0 Å². The van der Waals surface area contributed by atoms with Crippen molar-refractivity contribution in [2.24, 2.45) is 11.7 Å². The van der Waals surface area contributed by atoms with Crippen LogP contribution in [0.2, 0.25) is 0 Å². The smallest absolute Gasteiger partial charge is 0.0513 e. The van der Waals surface area contributed by atoms with Gasteiger partial charge in [-0.15, -0.1) is 11.3 Å². The van der Waals surface area contributed by atoms with Gasteiger partial charge in [0.2, 0.25) is 0 Å². The van der Waals surface area contributed by atoms with Gasteiger partial charge in [-0.2, -0.15) is 0 Å². The zero-order valence-corrected chi connectivity index (χ0v) is 13.1. The average Bonchev–Trinajstić information content (AvgIpc) is 3.07. The summed E-state index contributed by atoms with van der Waals surface area (Å²) in [6.45, 7) is 10.2. The van der Waals surface area contributed by atoms with E-state index in [4.69, 9.17) is 10.5 Å². The molecular weight excluding hydrogens is 256 g/mol. The van der Waals surface area contributed by atoms with Crippen LogP contribution in [0, 0.1) is 5.92 Å². The second-order valence-corrected chi connectivity index (χ2v) is 6.96. The molecule has 0 aliphatic carbocycles. The lowest BCUT2D eigenvalue weighted by Gasteiger charge is -2.46. The number of thiophene rings is 1. The number of hydrogen-bond donors (Lipinski definition) is 1. The van der Waals surface area contributed by atoms with E-state index < -0.39 is 0 Å². The average molecular weight is 282 g/mol. The zero-order chi connectivity index (χ0) is 13.9. The minimum Gasteiger partial charge on any atom is -0.381 e. The number of ether oxygens (including phenoxy) is 1. The summed E-state index contributed by atoms with van der Waals surface area (Å²) in [6, 6.07) is 4.82. The van der Waals surface area contributed by atoms with Crippen molar-refractivity contribution in [3.63, 3.8) is 0 Å². The number of hydrogen-bond acceptors (Lipinski definition) is 4. The molecule has 3 nitrogen and oxygen atoms in total. The molecule has 2 rings (SSSR count). The van der Waals surface area contributed by atoms with E-state index in [-0.39, 0.29) is 5.54 Å². The van der Waals surface area contributed by atoms with E-state index in [2.05, 4.69) is 43.2 Å². The molecule has 1 aromatic heterocycles. The van der Waals surface area contributed by atoms with Crippen molar-refractivity contribution in [1.29, 1.82) is 0 Å². The fourth-order valence-corrected chi connectivity index (χ4v) is 3.77. The summed E-state index contributed by atoms with van der Waals surface area (Å²) in [6.07, 6.45) is 1.13. The lowest BCUT2D eigenvalue weighted by atomic mass is 9.82. The van der Waals surface area contributed by atoms with E-state index in [1.807, 2.05) is 11.3 Å². The summed E-state index contributed by atoms with van der Waals surface area (Å²) < 4.78 is 5.59. The Morgan fingerprint density at radius 1 is 1.58 bits per heavy atom. The molecule has 1 aliphatic rings. The zero-order valence-electron chi connectivity index (χ0n) is 12.3. The molecule has 0 amide bonds. The Morgan fingerprint density at radius 2 is 2.37 bits per heavy atom. The molecule has 0 saturated carbocycles. The summed E-state index contributed by atoms with van der Waals surface area (Å²) in [4.78, 5) is 3.96. The van der Waals surface area contributed by atoms with Crippen LogP contribution in [0.5, 0.6) is 0 Å². The third-order valence-electron chi connectivity index (χ3n) is 4.41. The van der Waals surface area contributed by atoms with Crippen molar-refractivity contribution >= 4 is 11.3 Å². The van der Waals surface area contributed by atoms with Crippen molar-refractivity contribution in [1.82, 2.24) is 4.90 Å². The monoisotopic (exact) mass is 282 g/mol. The molecule has 2 atom stereocenters. The molecule has 108 valence electrons. The minimum absolute atomic E-state index is 0.0225. The van der Waals surface area contributed by atoms with Gasteiger partial charge >= 0.3 is 0 Å². The summed E-state index contributed by atoms with van der Waals surface area (Å²) in [5, 5.41) is 2.15. The molecule has 0 bridgehead atoms. The Hall–Kier alpha value is -0.420. The van der Waals surface area contributed by atoms with Gasteiger partial charge in [-0.05, 0) is 38.6 Å². The SMILES string of the molecule is CC(C)N(Cc1cccs1)C(C)(CN)C1CCOC1. The van der Waals surface area contributed by atoms with Gasteiger partial charge in [0.15, 0.2) is 0 Å². The maximum atomic E-state index is 6.16. The summed E-state index contributed by atoms with van der Waals surface area (Å²) in [5.41, 5.74) is 6.18. The molecule has 2 unspecified atom stereocenters. The van der Waals surface area contributed by atoms with Crippen LogP contribution in [0.4, 0.5) is 0 Å². The predicted molar refractivity (Wildman–Crippen MR) is 81.4 cm³/mol. The quantitative estimate of drug-likeness (QED) is 0.872. The minimum atomic E-state index is 0.0225. The standard InChI is InChI=1S/C15H26N2OS/c1-12(2)17(9-14-5-4-8-19-14)15(3,11-16)13-6-7-18-10-13/h4-5,8,12-13H,6-7,9-11,16H2,1-3H3. The summed E-state index contributed by atoms with van der Waals surface area (Å²) >= 11 is 1.82. The van der Waals surface area contributed by atoms with Crippen LogP contribution < -0.4 is 5.73 Å². The van der Waals surface area contributed by atoms with E-state index >= 15 is 0 Å². The van der Waals surface area contributed by atoms with Crippen LogP contribution in [-0.4, -0.2) is 36.2 Å². The van der Waals surface area contributed by atoms with Gasteiger partial charge in [0.05, 0.1) is 6.61 Å². The highest BCUT2D eigenvalue weighted by Crippen LogP contribution is 2.33. The molecule has 1 aliphatic heterocycles. The summed E-state index contributed by atoms with van der Waals surface area (Å²) in [7, 11) is 0. The van der Waals surface area contributed by atoms with Gasteiger partial charge < -0.3 is 10.5 Å². The van der Waals surface area contributed by atoms with Gasteiger partial charge in [-0.1, -0.05) is 6.07 Å². The van der Waals surface area contributed by atoms with E-state index in [1.54, 1.807) is 0 Å². The number of nitrogens with zero attached hydrogens (tertiary/aromatic N) is 1. The first-order valence-corrected chi connectivity index (χ1v) is 8.03. The first-order valence-electron chi connectivity index (χ1n) is 7.15. The van der Waals surface area contributed by atoms with Crippen molar-refractivity contribution < 1.29 is 4.74 Å². The number of rotatable bonds is 6. The van der Waals surface area contributed by atoms with Crippen LogP contribution >= 0.6 is 11.3 Å². The summed E-state index contributed by atoms with van der Waals surface area (Å²) in [5.74, 6) is 0.542. The van der Waals surface area contributed by atoms with Crippen LogP contribution in [0.25, 0.3) is 0 Å². The topological polar surface area (TPSA) is 38.5 Å². The normalized spacial score (nSPS) is 23.2. The van der Waals surface area contributed by atoms with Gasteiger partial charge in [0.1, 0.15) is 0 Å². The maximum Gasteiger partial charge on any atom is 0.0513 e. The van der Waals surface area contributed by atoms with Crippen molar-refractivity contribution in [3.05, 3.63) is 22.4 Å². The molecule has 0 aromatic carbocycles. The fraction of sp³-hybridized carbons (Fsp3) is 0.733. The highest BCUT2D eigenvalue weighted by molar-refractivity contribution is 7.09. The van der Waals surface area contributed by atoms with Crippen molar-refractivity contribution in [2.75, 3.05) is 19.8 Å². The third kappa shape index (κ3) is 3.19. The molecule has 1 fully saturated rings. The fourth-order valence-electron chi connectivity index (χ4n) is 3.07. The highest BCUT2D eigenvalue weighted by Gasteiger charge is 2.41. The van der Waals surface area contributed by atoms with Crippen LogP contribution in [0.3, 0.4) is 0 Å². The Labute approximate surface area is 120 Å². The maximum absolute atomic E-state index is 6.16. The molecule has 0 radical (unpaired) electrons. The van der Waals surface area contributed by atoms with Gasteiger partial charge in [0.25, 0.3) is 0 Å². The third-order valence-corrected chi connectivity index (χ3v) is 5.27. The van der Waals surface area contributed by atoms with Crippen LogP contribution in [-0.2, 0) is 11.3 Å². The Bertz CT molecular complexity index is 374. The van der Waals surface area contributed by atoms with Crippen LogP contribution in [0.1, 0.15) is 32.1 Å². The molecule has 1 saturated heterocycles. The van der Waals surface area contributed by atoms with Gasteiger partial charge in [-0.25, -0.2) is 0 Å². The number of nitrogens with two attached hydrogens (primary N) is 1. The van der Waals surface area contributed by atoms with E-state index in [9.17, 15) is 0 Å². The Morgan fingerprint density at radius 3 is 2.84 bits per heavy atom.